The summed E-state index contributed by atoms with van der Waals surface area (Å²) in [5.41, 5.74) is 1.58. The van der Waals surface area contributed by atoms with Gasteiger partial charge in [-0.2, -0.15) is 0 Å². The molecule has 0 fully saturated rings. The lowest BCUT2D eigenvalue weighted by atomic mass is 10.2. The van der Waals surface area contributed by atoms with Crippen molar-refractivity contribution in [3.05, 3.63) is 54.1 Å². The van der Waals surface area contributed by atoms with Gasteiger partial charge in [0.25, 0.3) is 0 Å². The quantitative estimate of drug-likeness (QED) is 0.730. The van der Waals surface area contributed by atoms with E-state index >= 15 is 0 Å². The van der Waals surface area contributed by atoms with Crippen LogP contribution in [0, 0.1) is 0 Å². The number of nitrogens with zero attached hydrogens (tertiary/aromatic N) is 1. The van der Waals surface area contributed by atoms with Crippen molar-refractivity contribution in [1.29, 1.82) is 0 Å². The highest BCUT2D eigenvalue weighted by Crippen LogP contribution is 2.14. The Hall–Kier alpha value is -2.42. The molecule has 0 heterocycles. The zero-order chi connectivity index (χ0) is 19.2. The zero-order valence-electron chi connectivity index (χ0n) is 14.8. The summed E-state index contributed by atoms with van der Waals surface area (Å²) >= 11 is 0. The third-order valence-electron chi connectivity index (χ3n) is 3.57. The number of amides is 1. The Bertz CT molecular complexity index is 834. The van der Waals surface area contributed by atoms with Crippen molar-refractivity contribution in [3.63, 3.8) is 0 Å². The Kier molecular flexibility index (Phi) is 6.73. The molecule has 0 bridgehead atoms. The largest absolute Gasteiger partial charge is 0.494 e. The maximum atomic E-state index is 12.1. The standard InChI is InChI=1S/C18H23N3O4S/c1-3-25-16-8-4-14(5-9-16)12-21(2)13-18(22)20-15-6-10-17(11-7-15)26(19,23)24/h4-11H,3,12-13H2,1-2H3,(H,20,22)(H2,19,23,24). The topological polar surface area (TPSA) is 102 Å². The number of carbonyl (C=O) groups excluding carboxylic acids is 1. The van der Waals surface area contributed by atoms with E-state index in [1.807, 2.05) is 43.1 Å². The molecule has 0 saturated carbocycles. The second kappa shape index (κ2) is 8.79. The summed E-state index contributed by atoms with van der Waals surface area (Å²) in [5, 5.41) is 7.77. The van der Waals surface area contributed by atoms with Crippen LogP contribution in [0.3, 0.4) is 0 Å². The minimum atomic E-state index is -3.74. The van der Waals surface area contributed by atoms with Gasteiger partial charge in [0.05, 0.1) is 18.0 Å². The van der Waals surface area contributed by atoms with Crippen molar-refractivity contribution in [1.82, 2.24) is 4.90 Å². The van der Waals surface area contributed by atoms with E-state index < -0.39 is 10.0 Å². The molecule has 26 heavy (non-hydrogen) atoms. The van der Waals surface area contributed by atoms with Crippen LogP contribution in [-0.4, -0.2) is 39.4 Å². The second-order valence-electron chi connectivity index (χ2n) is 5.87. The maximum Gasteiger partial charge on any atom is 0.238 e. The Labute approximate surface area is 153 Å². The highest BCUT2D eigenvalue weighted by atomic mass is 32.2. The van der Waals surface area contributed by atoms with Gasteiger partial charge in [0, 0.05) is 12.2 Å². The average molecular weight is 377 g/mol. The molecule has 2 aromatic carbocycles. The van der Waals surface area contributed by atoms with E-state index in [4.69, 9.17) is 9.88 Å². The minimum Gasteiger partial charge on any atom is -0.494 e. The van der Waals surface area contributed by atoms with Crippen molar-refractivity contribution >= 4 is 21.6 Å². The summed E-state index contributed by atoms with van der Waals surface area (Å²) in [6.45, 7) is 3.37. The summed E-state index contributed by atoms with van der Waals surface area (Å²) in [5.74, 6) is 0.626. The molecule has 0 aliphatic heterocycles. The monoisotopic (exact) mass is 377 g/mol. The molecule has 7 nitrogen and oxygen atoms in total. The van der Waals surface area contributed by atoms with Crippen LogP contribution in [0.25, 0.3) is 0 Å². The molecule has 0 spiro atoms. The predicted octanol–water partition coefficient (Wildman–Crippen LogP) is 1.80. The molecule has 8 heteroatoms. The van der Waals surface area contributed by atoms with E-state index in [2.05, 4.69) is 5.32 Å². The van der Waals surface area contributed by atoms with Crippen molar-refractivity contribution in [2.45, 2.75) is 18.4 Å². The molecular weight excluding hydrogens is 354 g/mol. The lowest BCUT2D eigenvalue weighted by molar-refractivity contribution is -0.117. The van der Waals surface area contributed by atoms with Crippen molar-refractivity contribution < 1.29 is 17.9 Å². The van der Waals surface area contributed by atoms with Gasteiger partial charge in [0.1, 0.15) is 5.75 Å². The molecule has 1 amide bonds. The van der Waals surface area contributed by atoms with Crippen molar-refractivity contribution in [2.75, 3.05) is 25.5 Å². The third kappa shape index (κ3) is 6.14. The summed E-state index contributed by atoms with van der Waals surface area (Å²) in [6, 6.07) is 13.5. The normalized spacial score (nSPS) is 11.4. The highest BCUT2D eigenvalue weighted by molar-refractivity contribution is 7.89. The number of nitrogens with one attached hydrogen (secondary N) is 1. The molecule has 0 radical (unpaired) electrons. The molecule has 140 valence electrons. The lowest BCUT2D eigenvalue weighted by Gasteiger charge is -2.16. The van der Waals surface area contributed by atoms with Gasteiger partial charge >= 0.3 is 0 Å². The first-order valence-corrected chi connectivity index (χ1v) is 9.65. The number of carbonyl (C=O) groups is 1. The number of likely N-dealkylation sites (N-methyl/N-ethyl adjacent to an activating group) is 1. The molecule has 2 aromatic rings. The van der Waals surface area contributed by atoms with Crippen LogP contribution in [0.1, 0.15) is 12.5 Å². The minimum absolute atomic E-state index is 0.00289. The first-order valence-electron chi connectivity index (χ1n) is 8.11. The molecule has 0 aromatic heterocycles. The number of sulfonamides is 1. The van der Waals surface area contributed by atoms with Crippen LogP contribution in [-0.2, 0) is 21.4 Å². The second-order valence-corrected chi connectivity index (χ2v) is 7.43. The van der Waals surface area contributed by atoms with Gasteiger partial charge in [-0.1, -0.05) is 12.1 Å². The van der Waals surface area contributed by atoms with Gasteiger partial charge < -0.3 is 10.1 Å². The van der Waals surface area contributed by atoms with Gasteiger partial charge in [-0.3, -0.25) is 9.69 Å². The van der Waals surface area contributed by atoms with Gasteiger partial charge in [-0.05, 0) is 55.9 Å². The summed E-state index contributed by atoms with van der Waals surface area (Å²) < 4.78 is 27.8. The van der Waals surface area contributed by atoms with E-state index in [0.717, 1.165) is 11.3 Å². The molecule has 0 atom stereocenters. The molecular formula is C18H23N3O4S. The van der Waals surface area contributed by atoms with E-state index in [1.54, 1.807) is 0 Å². The van der Waals surface area contributed by atoms with Crippen LogP contribution in [0.15, 0.2) is 53.4 Å². The fourth-order valence-corrected chi connectivity index (χ4v) is 2.91. The molecule has 2 rings (SSSR count). The number of hydrogen-bond acceptors (Lipinski definition) is 5. The van der Waals surface area contributed by atoms with E-state index in [9.17, 15) is 13.2 Å². The fraction of sp³-hybridized carbons (Fsp3) is 0.278. The summed E-state index contributed by atoms with van der Waals surface area (Å²) in [7, 11) is -1.89. The first-order chi connectivity index (χ1) is 12.3. The van der Waals surface area contributed by atoms with E-state index in [-0.39, 0.29) is 17.3 Å². The molecule has 0 aliphatic carbocycles. The maximum absolute atomic E-state index is 12.1. The fourth-order valence-electron chi connectivity index (χ4n) is 2.40. The number of benzene rings is 2. The van der Waals surface area contributed by atoms with Crippen molar-refractivity contribution in [2.24, 2.45) is 5.14 Å². The Morgan fingerprint density at radius 1 is 1.12 bits per heavy atom. The molecule has 0 saturated heterocycles. The Morgan fingerprint density at radius 3 is 2.27 bits per heavy atom. The van der Waals surface area contributed by atoms with Crippen LogP contribution >= 0.6 is 0 Å². The number of nitrogens with two attached hydrogens (primary N) is 1. The number of hydrogen-bond donors (Lipinski definition) is 2. The number of ether oxygens (including phenoxy) is 1. The summed E-state index contributed by atoms with van der Waals surface area (Å²) in [6.07, 6.45) is 0. The van der Waals surface area contributed by atoms with Gasteiger partial charge in [0.2, 0.25) is 15.9 Å². The van der Waals surface area contributed by atoms with Crippen LogP contribution in [0.4, 0.5) is 5.69 Å². The predicted molar refractivity (Wildman–Crippen MR) is 100 cm³/mol. The van der Waals surface area contributed by atoms with Crippen molar-refractivity contribution in [3.8, 4) is 5.75 Å². The Balaban J connectivity index is 1.86. The Morgan fingerprint density at radius 2 is 1.73 bits per heavy atom. The summed E-state index contributed by atoms with van der Waals surface area (Å²) in [4.78, 5) is 14.0. The zero-order valence-corrected chi connectivity index (χ0v) is 15.6. The number of anilines is 1. The molecule has 3 N–H and O–H groups in total. The van der Waals surface area contributed by atoms with E-state index in [0.29, 0.717) is 18.8 Å². The highest BCUT2D eigenvalue weighted by Gasteiger charge is 2.10. The van der Waals surface area contributed by atoms with Crippen LogP contribution < -0.4 is 15.2 Å². The van der Waals surface area contributed by atoms with Gasteiger partial charge in [0.15, 0.2) is 0 Å². The lowest BCUT2D eigenvalue weighted by Crippen LogP contribution is -2.29. The first kappa shape index (κ1) is 19.9. The smallest absolute Gasteiger partial charge is 0.238 e. The molecule has 0 aliphatic rings. The third-order valence-corrected chi connectivity index (χ3v) is 4.50. The van der Waals surface area contributed by atoms with Crippen LogP contribution in [0.2, 0.25) is 0 Å². The SMILES string of the molecule is CCOc1ccc(CN(C)CC(=O)Nc2ccc(S(N)(=O)=O)cc2)cc1. The number of rotatable bonds is 8. The van der Waals surface area contributed by atoms with Gasteiger partial charge in [-0.25, -0.2) is 13.6 Å². The number of primary sulfonamides is 1. The van der Waals surface area contributed by atoms with Gasteiger partial charge in [-0.15, -0.1) is 0 Å². The van der Waals surface area contributed by atoms with Crippen LogP contribution in [0.5, 0.6) is 5.75 Å². The average Bonchev–Trinajstić information content (AvgIpc) is 2.56. The van der Waals surface area contributed by atoms with E-state index in [1.165, 1.54) is 24.3 Å². The molecule has 0 unspecified atom stereocenters.